The smallest absolute Gasteiger partial charge is 0.314 e. The molecular formula is C22H27N3O4. The molecule has 0 spiro atoms. The molecule has 2 N–H and O–H groups in total. The molecular weight excluding hydrogens is 370 g/mol. The van der Waals surface area contributed by atoms with Gasteiger partial charge in [-0.05, 0) is 48.4 Å². The summed E-state index contributed by atoms with van der Waals surface area (Å²) in [6, 6.07) is 15.0. The average Bonchev–Trinajstić information content (AvgIpc) is 3.13. The molecule has 0 aromatic heterocycles. The second-order valence-electron chi connectivity index (χ2n) is 7.01. The molecule has 0 aliphatic carbocycles. The van der Waals surface area contributed by atoms with E-state index in [9.17, 15) is 9.59 Å². The molecule has 2 aromatic carbocycles. The number of hydrogen-bond donors (Lipinski definition) is 2. The maximum atomic E-state index is 12.3. The fraction of sp³-hybridized carbons (Fsp3) is 0.364. The van der Waals surface area contributed by atoms with Crippen molar-refractivity contribution in [3.8, 4) is 11.5 Å². The van der Waals surface area contributed by atoms with Crippen LogP contribution >= 0.6 is 0 Å². The lowest BCUT2D eigenvalue weighted by molar-refractivity contribution is -0.117. The van der Waals surface area contributed by atoms with Gasteiger partial charge in [0, 0.05) is 37.7 Å². The van der Waals surface area contributed by atoms with Gasteiger partial charge >= 0.3 is 6.03 Å². The summed E-state index contributed by atoms with van der Waals surface area (Å²) in [7, 11) is 3.24. The van der Waals surface area contributed by atoms with Crippen molar-refractivity contribution in [3.63, 3.8) is 0 Å². The maximum Gasteiger partial charge on any atom is 0.314 e. The first-order valence-electron chi connectivity index (χ1n) is 9.68. The zero-order chi connectivity index (χ0) is 20.6. The first-order chi connectivity index (χ1) is 14.1. The topological polar surface area (TPSA) is 79.9 Å². The SMILES string of the molecule is COc1ccc(CCNC(=O)NCC2CC(=O)N(c3ccc(OC)cc3)C2)cc1. The molecule has 0 saturated carbocycles. The molecule has 7 heteroatoms. The molecule has 1 saturated heterocycles. The monoisotopic (exact) mass is 397 g/mol. The van der Waals surface area contributed by atoms with Crippen LogP contribution in [0.3, 0.4) is 0 Å². The lowest BCUT2D eigenvalue weighted by Crippen LogP contribution is -2.39. The van der Waals surface area contributed by atoms with Crippen molar-refractivity contribution in [1.82, 2.24) is 10.6 Å². The maximum absolute atomic E-state index is 12.3. The average molecular weight is 397 g/mol. The van der Waals surface area contributed by atoms with Crippen molar-refractivity contribution in [2.24, 2.45) is 5.92 Å². The lowest BCUT2D eigenvalue weighted by Gasteiger charge is -2.17. The fourth-order valence-corrected chi connectivity index (χ4v) is 3.34. The van der Waals surface area contributed by atoms with Crippen LogP contribution in [0.5, 0.6) is 11.5 Å². The molecule has 1 heterocycles. The van der Waals surface area contributed by atoms with E-state index < -0.39 is 0 Å². The Kier molecular flexibility index (Phi) is 6.94. The van der Waals surface area contributed by atoms with E-state index in [4.69, 9.17) is 9.47 Å². The molecule has 154 valence electrons. The molecule has 3 amide bonds. The molecule has 29 heavy (non-hydrogen) atoms. The number of benzene rings is 2. The highest BCUT2D eigenvalue weighted by molar-refractivity contribution is 5.95. The number of amides is 3. The van der Waals surface area contributed by atoms with E-state index in [1.54, 1.807) is 19.1 Å². The molecule has 7 nitrogen and oxygen atoms in total. The summed E-state index contributed by atoms with van der Waals surface area (Å²) in [5, 5.41) is 5.73. The Balaban J connectivity index is 1.39. The number of carbonyl (C=O) groups excluding carboxylic acids is 2. The van der Waals surface area contributed by atoms with Crippen LogP contribution in [-0.4, -0.2) is 45.8 Å². The Hall–Kier alpha value is -3.22. The number of anilines is 1. The third kappa shape index (κ3) is 5.63. The van der Waals surface area contributed by atoms with Crippen LogP contribution in [0.4, 0.5) is 10.5 Å². The molecule has 1 aliphatic heterocycles. The minimum atomic E-state index is -0.214. The Morgan fingerprint density at radius 1 is 1.00 bits per heavy atom. The Bertz CT molecular complexity index is 821. The quantitative estimate of drug-likeness (QED) is 0.718. The van der Waals surface area contributed by atoms with Gasteiger partial charge in [-0.1, -0.05) is 12.1 Å². The van der Waals surface area contributed by atoms with Gasteiger partial charge in [0.1, 0.15) is 11.5 Å². The van der Waals surface area contributed by atoms with Crippen LogP contribution in [0.15, 0.2) is 48.5 Å². The number of hydrogen-bond acceptors (Lipinski definition) is 4. The third-order valence-corrected chi connectivity index (χ3v) is 5.00. The molecule has 1 unspecified atom stereocenters. The summed E-state index contributed by atoms with van der Waals surface area (Å²) in [4.78, 5) is 26.1. The van der Waals surface area contributed by atoms with E-state index in [0.29, 0.717) is 26.1 Å². The summed E-state index contributed by atoms with van der Waals surface area (Å²) in [6.45, 7) is 1.60. The minimum Gasteiger partial charge on any atom is -0.497 e. The van der Waals surface area contributed by atoms with Crippen molar-refractivity contribution in [2.75, 3.05) is 38.8 Å². The van der Waals surface area contributed by atoms with E-state index in [1.165, 1.54) is 0 Å². The normalized spacial score (nSPS) is 15.9. The first-order valence-corrected chi connectivity index (χ1v) is 9.68. The van der Waals surface area contributed by atoms with E-state index >= 15 is 0 Å². The van der Waals surface area contributed by atoms with Gasteiger partial charge < -0.3 is 25.0 Å². The number of rotatable bonds is 8. The summed E-state index contributed by atoms with van der Waals surface area (Å²) >= 11 is 0. The van der Waals surface area contributed by atoms with Gasteiger partial charge in [-0.25, -0.2) is 4.79 Å². The van der Waals surface area contributed by atoms with E-state index in [-0.39, 0.29) is 17.9 Å². The van der Waals surface area contributed by atoms with E-state index in [2.05, 4.69) is 10.6 Å². The van der Waals surface area contributed by atoms with Gasteiger partial charge in [-0.3, -0.25) is 4.79 Å². The largest absolute Gasteiger partial charge is 0.497 e. The van der Waals surface area contributed by atoms with Gasteiger partial charge in [-0.15, -0.1) is 0 Å². The predicted octanol–water partition coefficient (Wildman–Crippen LogP) is 2.60. The highest BCUT2D eigenvalue weighted by Crippen LogP contribution is 2.26. The molecule has 2 aromatic rings. The highest BCUT2D eigenvalue weighted by atomic mass is 16.5. The summed E-state index contributed by atoms with van der Waals surface area (Å²) in [5.41, 5.74) is 1.98. The van der Waals surface area contributed by atoms with Crippen molar-refractivity contribution < 1.29 is 19.1 Å². The summed E-state index contributed by atoms with van der Waals surface area (Å²) in [5.74, 6) is 1.73. The van der Waals surface area contributed by atoms with Crippen LogP contribution in [-0.2, 0) is 11.2 Å². The number of nitrogens with zero attached hydrogens (tertiary/aromatic N) is 1. The zero-order valence-electron chi connectivity index (χ0n) is 16.8. The highest BCUT2D eigenvalue weighted by Gasteiger charge is 2.30. The van der Waals surface area contributed by atoms with Crippen molar-refractivity contribution in [1.29, 1.82) is 0 Å². The van der Waals surface area contributed by atoms with E-state index in [1.807, 2.05) is 48.5 Å². The van der Waals surface area contributed by atoms with Crippen LogP contribution < -0.4 is 25.0 Å². The van der Waals surface area contributed by atoms with Crippen molar-refractivity contribution in [2.45, 2.75) is 12.8 Å². The standard InChI is InChI=1S/C22H27N3O4/c1-28-19-7-3-16(4-8-19)11-12-23-22(27)24-14-17-13-21(26)25(15-17)18-5-9-20(29-2)10-6-18/h3-10,17H,11-15H2,1-2H3,(H2,23,24,27). The zero-order valence-corrected chi connectivity index (χ0v) is 16.8. The predicted molar refractivity (Wildman–Crippen MR) is 112 cm³/mol. The van der Waals surface area contributed by atoms with Crippen molar-refractivity contribution in [3.05, 3.63) is 54.1 Å². The van der Waals surface area contributed by atoms with Crippen LogP contribution in [0, 0.1) is 5.92 Å². The van der Waals surface area contributed by atoms with Crippen molar-refractivity contribution >= 4 is 17.6 Å². The molecule has 1 atom stereocenters. The minimum absolute atomic E-state index is 0.0712. The third-order valence-electron chi connectivity index (χ3n) is 5.00. The Morgan fingerprint density at radius 3 is 2.24 bits per heavy atom. The van der Waals surface area contributed by atoms with Gasteiger partial charge in [0.15, 0.2) is 0 Å². The van der Waals surface area contributed by atoms with Gasteiger partial charge in [0.2, 0.25) is 5.91 Å². The summed E-state index contributed by atoms with van der Waals surface area (Å²) in [6.07, 6.45) is 1.17. The number of nitrogens with one attached hydrogen (secondary N) is 2. The molecule has 3 rings (SSSR count). The fourth-order valence-electron chi connectivity index (χ4n) is 3.34. The number of urea groups is 1. The Labute approximate surface area is 171 Å². The number of ether oxygens (including phenoxy) is 2. The lowest BCUT2D eigenvalue weighted by atomic mass is 10.1. The van der Waals surface area contributed by atoms with Crippen LogP contribution in [0.25, 0.3) is 0 Å². The number of carbonyl (C=O) groups is 2. The molecule has 1 aliphatic rings. The van der Waals surface area contributed by atoms with Crippen LogP contribution in [0.2, 0.25) is 0 Å². The van der Waals surface area contributed by atoms with Gasteiger partial charge in [0.05, 0.1) is 14.2 Å². The van der Waals surface area contributed by atoms with Gasteiger partial charge in [-0.2, -0.15) is 0 Å². The number of methoxy groups -OCH3 is 2. The van der Waals surface area contributed by atoms with Crippen LogP contribution in [0.1, 0.15) is 12.0 Å². The molecule has 1 fully saturated rings. The van der Waals surface area contributed by atoms with Gasteiger partial charge in [0.25, 0.3) is 0 Å². The second kappa shape index (κ2) is 9.82. The first kappa shape index (κ1) is 20.5. The molecule has 0 bridgehead atoms. The molecule has 0 radical (unpaired) electrons. The van der Waals surface area contributed by atoms with E-state index in [0.717, 1.165) is 29.2 Å². The Morgan fingerprint density at radius 2 is 1.62 bits per heavy atom. The summed E-state index contributed by atoms with van der Waals surface area (Å²) < 4.78 is 10.3. The second-order valence-corrected chi connectivity index (χ2v) is 7.01.